The molecule has 4 rings (SSSR count). The van der Waals surface area contributed by atoms with E-state index in [4.69, 9.17) is 9.47 Å². The van der Waals surface area contributed by atoms with Crippen molar-refractivity contribution in [2.75, 3.05) is 13.7 Å². The van der Waals surface area contributed by atoms with Gasteiger partial charge in [-0.25, -0.2) is 0 Å². The van der Waals surface area contributed by atoms with Gasteiger partial charge in [0, 0.05) is 36.1 Å². The van der Waals surface area contributed by atoms with Gasteiger partial charge in [-0.2, -0.15) is 0 Å². The summed E-state index contributed by atoms with van der Waals surface area (Å²) in [5.74, 6) is 1.41. The topological polar surface area (TPSA) is 40.5 Å². The summed E-state index contributed by atoms with van der Waals surface area (Å²) in [5.41, 5.74) is 4.59. The molecular formula is C25H29NO3. The van der Waals surface area contributed by atoms with Crippen LogP contribution in [0.15, 0.2) is 48.7 Å². The Balaban J connectivity index is 1.69. The van der Waals surface area contributed by atoms with Crippen LogP contribution in [0.2, 0.25) is 0 Å². The second-order valence-electron chi connectivity index (χ2n) is 8.03. The van der Waals surface area contributed by atoms with E-state index in [1.165, 1.54) is 49.3 Å². The molecule has 1 fully saturated rings. The Labute approximate surface area is 172 Å². The van der Waals surface area contributed by atoms with Crippen molar-refractivity contribution in [3.8, 4) is 16.9 Å². The minimum absolute atomic E-state index is 0.182. The molecule has 0 bridgehead atoms. The first-order valence-corrected chi connectivity index (χ1v) is 10.5. The van der Waals surface area contributed by atoms with Gasteiger partial charge >= 0.3 is 5.97 Å². The van der Waals surface area contributed by atoms with Gasteiger partial charge < -0.3 is 14.0 Å². The number of nitrogens with zero attached hydrogens (tertiary/aromatic N) is 1. The molecule has 3 aromatic rings. The maximum absolute atomic E-state index is 11.6. The highest BCUT2D eigenvalue weighted by atomic mass is 16.5. The number of rotatable bonds is 7. The van der Waals surface area contributed by atoms with E-state index in [1.807, 2.05) is 0 Å². The van der Waals surface area contributed by atoms with E-state index in [1.54, 1.807) is 0 Å². The first kappa shape index (κ1) is 19.6. The van der Waals surface area contributed by atoms with Crippen molar-refractivity contribution in [3.05, 3.63) is 54.2 Å². The smallest absolute Gasteiger partial charge is 0.305 e. The van der Waals surface area contributed by atoms with Gasteiger partial charge in [-0.15, -0.1) is 0 Å². The lowest BCUT2D eigenvalue weighted by Gasteiger charge is -2.17. The molecule has 1 heterocycles. The van der Waals surface area contributed by atoms with Crippen LogP contribution in [0.5, 0.6) is 5.75 Å². The summed E-state index contributed by atoms with van der Waals surface area (Å²) in [5, 5.41) is 1.21. The van der Waals surface area contributed by atoms with Crippen molar-refractivity contribution in [1.29, 1.82) is 0 Å². The lowest BCUT2D eigenvalue weighted by atomic mass is 9.97. The van der Waals surface area contributed by atoms with Crippen LogP contribution in [0.4, 0.5) is 0 Å². The Morgan fingerprint density at radius 1 is 1.10 bits per heavy atom. The van der Waals surface area contributed by atoms with Crippen LogP contribution in [-0.4, -0.2) is 24.3 Å². The average Bonchev–Trinajstić information content (AvgIpc) is 3.40. The quantitative estimate of drug-likeness (QED) is 0.498. The average molecular weight is 392 g/mol. The van der Waals surface area contributed by atoms with E-state index >= 15 is 0 Å². The van der Waals surface area contributed by atoms with Gasteiger partial charge in [-0.1, -0.05) is 31.0 Å². The number of hydrogen-bond donors (Lipinski definition) is 0. The molecule has 2 aromatic carbocycles. The summed E-state index contributed by atoms with van der Waals surface area (Å²) in [6.45, 7) is 0.777. The van der Waals surface area contributed by atoms with Crippen molar-refractivity contribution < 1.29 is 14.3 Å². The van der Waals surface area contributed by atoms with Gasteiger partial charge in [0.2, 0.25) is 0 Å². The number of benzene rings is 2. The normalized spacial score (nSPS) is 14.4. The SMILES string of the molecule is COC(=O)CCc1ccc(OCC2CCCC2)c(-c2cccc3c2ccn3C)c1. The number of aromatic nitrogens is 1. The van der Waals surface area contributed by atoms with E-state index in [-0.39, 0.29) is 5.97 Å². The fourth-order valence-electron chi connectivity index (χ4n) is 4.34. The Hall–Kier alpha value is -2.75. The van der Waals surface area contributed by atoms with Gasteiger partial charge in [0.1, 0.15) is 5.75 Å². The molecule has 0 amide bonds. The number of methoxy groups -OCH3 is 1. The van der Waals surface area contributed by atoms with Crippen LogP contribution >= 0.6 is 0 Å². The Morgan fingerprint density at radius 3 is 2.72 bits per heavy atom. The highest BCUT2D eigenvalue weighted by Gasteiger charge is 2.18. The number of aryl methyl sites for hydroxylation is 2. The van der Waals surface area contributed by atoms with Crippen molar-refractivity contribution in [2.24, 2.45) is 13.0 Å². The third-order valence-corrected chi connectivity index (χ3v) is 6.06. The number of carbonyl (C=O) groups is 1. The van der Waals surface area contributed by atoms with E-state index in [0.29, 0.717) is 18.8 Å². The molecule has 152 valence electrons. The van der Waals surface area contributed by atoms with E-state index in [2.05, 4.69) is 60.3 Å². The molecule has 1 saturated carbocycles. The van der Waals surface area contributed by atoms with Crippen molar-refractivity contribution in [3.63, 3.8) is 0 Å². The van der Waals surface area contributed by atoms with Crippen molar-refractivity contribution >= 4 is 16.9 Å². The van der Waals surface area contributed by atoms with Crippen LogP contribution in [-0.2, 0) is 23.0 Å². The van der Waals surface area contributed by atoms with Crippen LogP contribution in [0, 0.1) is 5.92 Å². The summed E-state index contributed by atoms with van der Waals surface area (Å²) in [6, 6.07) is 14.9. The standard InChI is InChI=1S/C25H29NO3/c1-26-15-14-21-20(8-5-9-23(21)26)22-16-18(11-13-25(27)28-2)10-12-24(22)29-17-19-6-3-4-7-19/h5,8-10,12,14-16,19H,3-4,6-7,11,13,17H2,1-2H3. The predicted molar refractivity (Wildman–Crippen MR) is 116 cm³/mol. The maximum atomic E-state index is 11.6. The second kappa shape index (κ2) is 8.73. The molecule has 1 aliphatic carbocycles. The van der Waals surface area contributed by atoms with Gasteiger partial charge in [0.25, 0.3) is 0 Å². The molecule has 4 heteroatoms. The molecule has 4 nitrogen and oxygen atoms in total. The number of esters is 1. The van der Waals surface area contributed by atoms with Crippen LogP contribution in [0.3, 0.4) is 0 Å². The fraction of sp³-hybridized carbons (Fsp3) is 0.400. The van der Waals surface area contributed by atoms with Gasteiger partial charge in [-0.3, -0.25) is 4.79 Å². The number of hydrogen-bond acceptors (Lipinski definition) is 3. The van der Waals surface area contributed by atoms with Gasteiger partial charge in [0.15, 0.2) is 0 Å². The van der Waals surface area contributed by atoms with Gasteiger partial charge in [0.05, 0.1) is 13.7 Å². The molecule has 0 spiro atoms. The van der Waals surface area contributed by atoms with Crippen LogP contribution in [0.25, 0.3) is 22.0 Å². The second-order valence-corrected chi connectivity index (χ2v) is 8.03. The van der Waals surface area contributed by atoms with E-state index in [0.717, 1.165) is 23.5 Å². The first-order chi connectivity index (χ1) is 14.2. The predicted octanol–water partition coefficient (Wildman–Crippen LogP) is 5.52. The summed E-state index contributed by atoms with van der Waals surface area (Å²) in [7, 11) is 3.50. The van der Waals surface area contributed by atoms with Crippen LogP contribution in [0.1, 0.15) is 37.7 Å². The number of carbonyl (C=O) groups excluding carboxylic acids is 1. The zero-order valence-corrected chi connectivity index (χ0v) is 17.3. The molecule has 1 aromatic heterocycles. The maximum Gasteiger partial charge on any atom is 0.305 e. The van der Waals surface area contributed by atoms with Gasteiger partial charge in [-0.05, 0) is 60.6 Å². The lowest BCUT2D eigenvalue weighted by Crippen LogP contribution is -2.09. The molecule has 0 unspecified atom stereocenters. The van der Waals surface area contributed by atoms with E-state index < -0.39 is 0 Å². The molecule has 29 heavy (non-hydrogen) atoms. The minimum Gasteiger partial charge on any atom is -0.493 e. The molecule has 0 N–H and O–H groups in total. The van der Waals surface area contributed by atoms with Crippen molar-refractivity contribution in [1.82, 2.24) is 4.57 Å². The molecule has 0 radical (unpaired) electrons. The zero-order chi connectivity index (χ0) is 20.2. The zero-order valence-electron chi connectivity index (χ0n) is 17.3. The summed E-state index contributed by atoms with van der Waals surface area (Å²) < 4.78 is 13.3. The molecule has 0 saturated heterocycles. The van der Waals surface area contributed by atoms with E-state index in [9.17, 15) is 4.79 Å². The highest BCUT2D eigenvalue weighted by Crippen LogP contribution is 2.37. The summed E-state index contributed by atoms with van der Waals surface area (Å²) in [4.78, 5) is 11.6. The Bertz CT molecular complexity index is 998. The molecular weight excluding hydrogens is 362 g/mol. The summed E-state index contributed by atoms with van der Waals surface area (Å²) >= 11 is 0. The fourth-order valence-corrected chi connectivity index (χ4v) is 4.34. The summed E-state index contributed by atoms with van der Waals surface area (Å²) in [6.07, 6.45) is 8.30. The monoisotopic (exact) mass is 391 g/mol. The largest absolute Gasteiger partial charge is 0.493 e. The minimum atomic E-state index is -0.182. The molecule has 0 aliphatic heterocycles. The Morgan fingerprint density at radius 2 is 1.93 bits per heavy atom. The lowest BCUT2D eigenvalue weighted by molar-refractivity contribution is -0.140. The number of fused-ring (bicyclic) bond motifs is 1. The Kier molecular flexibility index (Phi) is 5.89. The molecule has 0 atom stereocenters. The third-order valence-electron chi connectivity index (χ3n) is 6.06. The number of ether oxygens (including phenoxy) is 2. The van der Waals surface area contributed by atoms with Crippen LogP contribution < -0.4 is 4.74 Å². The first-order valence-electron chi connectivity index (χ1n) is 10.5. The third kappa shape index (κ3) is 4.31. The highest BCUT2D eigenvalue weighted by molar-refractivity contribution is 5.97. The van der Waals surface area contributed by atoms with Crippen molar-refractivity contribution in [2.45, 2.75) is 38.5 Å². The molecule has 1 aliphatic rings.